The van der Waals surface area contributed by atoms with E-state index in [1.807, 2.05) is 18.3 Å². The minimum atomic E-state index is 0.639. The normalized spacial score (nSPS) is 10.5. The lowest BCUT2D eigenvalue weighted by atomic mass is 10.1. The second-order valence-corrected chi connectivity index (χ2v) is 3.36. The zero-order valence-corrected chi connectivity index (χ0v) is 8.17. The second kappa shape index (κ2) is 2.83. The first-order chi connectivity index (χ1) is 5.77. The molecule has 0 aliphatic rings. The Morgan fingerprint density at radius 3 is 3.00 bits per heavy atom. The van der Waals surface area contributed by atoms with Crippen molar-refractivity contribution in [2.24, 2.45) is 0 Å². The van der Waals surface area contributed by atoms with Gasteiger partial charge >= 0.3 is 0 Å². The molecule has 1 aromatic heterocycles. The highest BCUT2D eigenvalue weighted by atomic mass is 79.9. The van der Waals surface area contributed by atoms with Crippen LogP contribution in [0.4, 0.5) is 0 Å². The fourth-order valence-electron chi connectivity index (χ4n) is 1.18. The summed E-state index contributed by atoms with van der Waals surface area (Å²) in [7, 11) is 0. The monoisotopic (exact) mass is 222 g/mol. The van der Waals surface area contributed by atoms with Gasteiger partial charge in [-0.3, -0.25) is 0 Å². The Bertz CT molecular complexity index is 426. The van der Waals surface area contributed by atoms with Crippen LogP contribution in [-0.4, -0.2) is 9.97 Å². The van der Waals surface area contributed by atoms with E-state index in [2.05, 4.69) is 38.9 Å². The topological polar surface area (TPSA) is 25.8 Å². The number of nitrogens with zero attached hydrogens (tertiary/aromatic N) is 2. The summed E-state index contributed by atoms with van der Waals surface area (Å²) >= 11 is 3.23. The van der Waals surface area contributed by atoms with Crippen molar-refractivity contribution in [3.05, 3.63) is 34.7 Å². The Kier molecular flexibility index (Phi) is 1.81. The molecule has 1 heterocycles. The molecule has 2 nitrogen and oxygen atoms in total. The Morgan fingerprint density at radius 1 is 1.33 bits per heavy atom. The first kappa shape index (κ1) is 7.68. The number of rotatable bonds is 0. The average molecular weight is 223 g/mol. The lowest BCUT2D eigenvalue weighted by Crippen LogP contribution is -1.85. The Labute approximate surface area is 78.8 Å². The Morgan fingerprint density at radius 2 is 2.17 bits per heavy atom. The highest BCUT2D eigenvalue weighted by molar-refractivity contribution is 9.10. The highest BCUT2D eigenvalue weighted by Crippen LogP contribution is 2.16. The van der Waals surface area contributed by atoms with Gasteiger partial charge in [-0.05, 0) is 34.5 Å². The van der Waals surface area contributed by atoms with Crippen molar-refractivity contribution in [1.82, 2.24) is 9.97 Å². The Hall–Kier alpha value is -0.960. The molecule has 0 fully saturated rings. The second-order valence-electron chi connectivity index (χ2n) is 2.65. The molecule has 0 aliphatic heterocycles. The van der Waals surface area contributed by atoms with Gasteiger partial charge in [-0.15, -0.1) is 0 Å². The molecule has 12 heavy (non-hydrogen) atoms. The molecule has 0 unspecified atom stereocenters. The zero-order valence-electron chi connectivity index (χ0n) is 6.58. The van der Waals surface area contributed by atoms with Crippen LogP contribution in [0, 0.1) is 6.92 Å². The van der Waals surface area contributed by atoms with Gasteiger partial charge in [-0.25, -0.2) is 9.97 Å². The van der Waals surface area contributed by atoms with Crippen LogP contribution in [0.2, 0.25) is 0 Å². The predicted molar refractivity (Wildman–Crippen MR) is 52.0 cm³/mol. The van der Waals surface area contributed by atoms with Gasteiger partial charge in [-0.2, -0.15) is 0 Å². The van der Waals surface area contributed by atoms with Crippen LogP contribution >= 0.6 is 15.9 Å². The Balaban J connectivity index is 2.86. The number of halogens is 1. The molecular formula is C9H7BrN2. The van der Waals surface area contributed by atoms with E-state index < -0.39 is 0 Å². The van der Waals surface area contributed by atoms with Gasteiger partial charge in [0.1, 0.15) is 0 Å². The van der Waals surface area contributed by atoms with E-state index >= 15 is 0 Å². The minimum absolute atomic E-state index is 0.639. The molecule has 0 aliphatic carbocycles. The van der Waals surface area contributed by atoms with E-state index in [9.17, 15) is 0 Å². The third-order valence-corrected chi connectivity index (χ3v) is 2.20. The molecule has 2 aromatic rings. The van der Waals surface area contributed by atoms with Gasteiger partial charge in [-0.1, -0.05) is 12.1 Å². The number of benzene rings is 1. The first-order valence-electron chi connectivity index (χ1n) is 3.65. The molecule has 60 valence electrons. The summed E-state index contributed by atoms with van der Waals surface area (Å²) < 4.78 is 0.639. The van der Waals surface area contributed by atoms with Crippen LogP contribution in [0.15, 0.2) is 29.1 Å². The summed E-state index contributed by atoms with van der Waals surface area (Å²) in [6.45, 7) is 2.06. The van der Waals surface area contributed by atoms with E-state index in [4.69, 9.17) is 0 Å². The highest BCUT2D eigenvalue weighted by Gasteiger charge is 1.98. The van der Waals surface area contributed by atoms with Crippen molar-refractivity contribution in [3.8, 4) is 0 Å². The third-order valence-electron chi connectivity index (χ3n) is 1.81. The van der Waals surface area contributed by atoms with E-state index in [0.29, 0.717) is 4.73 Å². The molecule has 0 amide bonds. The van der Waals surface area contributed by atoms with Crippen molar-refractivity contribution in [2.75, 3.05) is 0 Å². The fraction of sp³-hybridized carbons (Fsp3) is 0.111. The molecule has 1 aromatic carbocycles. The van der Waals surface area contributed by atoms with Crippen molar-refractivity contribution in [2.45, 2.75) is 6.92 Å². The molecule has 0 bridgehead atoms. The summed E-state index contributed by atoms with van der Waals surface area (Å²) in [6, 6.07) is 6.03. The van der Waals surface area contributed by atoms with Crippen LogP contribution in [-0.2, 0) is 0 Å². The maximum absolute atomic E-state index is 4.24. The molecule has 3 heteroatoms. The number of fused-ring (bicyclic) bond motifs is 1. The maximum Gasteiger partial charge on any atom is 0.197 e. The minimum Gasteiger partial charge on any atom is -0.230 e. The largest absolute Gasteiger partial charge is 0.230 e. The quantitative estimate of drug-likeness (QED) is 0.641. The van der Waals surface area contributed by atoms with Gasteiger partial charge in [0.2, 0.25) is 0 Å². The smallest absolute Gasteiger partial charge is 0.197 e. The van der Waals surface area contributed by atoms with Gasteiger partial charge in [0.25, 0.3) is 0 Å². The maximum atomic E-state index is 4.24. The van der Waals surface area contributed by atoms with Crippen molar-refractivity contribution < 1.29 is 0 Å². The van der Waals surface area contributed by atoms with Gasteiger partial charge in [0.05, 0.1) is 5.52 Å². The van der Waals surface area contributed by atoms with Gasteiger partial charge in [0, 0.05) is 11.6 Å². The molecule has 0 N–H and O–H groups in total. The van der Waals surface area contributed by atoms with Gasteiger partial charge in [0.15, 0.2) is 4.73 Å². The summed E-state index contributed by atoms with van der Waals surface area (Å²) in [5.74, 6) is 0. The standard InChI is InChI=1S/C9H7BrN2/c1-6-3-2-4-8-7(6)5-11-9(10)12-8/h2-5H,1H3. The molecule has 0 atom stereocenters. The van der Waals surface area contributed by atoms with Crippen LogP contribution in [0.1, 0.15) is 5.56 Å². The van der Waals surface area contributed by atoms with E-state index in [-0.39, 0.29) is 0 Å². The van der Waals surface area contributed by atoms with E-state index in [1.165, 1.54) is 5.56 Å². The molecule has 0 radical (unpaired) electrons. The van der Waals surface area contributed by atoms with Crippen molar-refractivity contribution in [1.29, 1.82) is 0 Å². The summed E-state index contributed by atoms with van der Waals surface area (Å²) in [5.41, 5.74) is 2.19. The number of aryl methyl sites for hydroxylation is 1. The van der Waals surface area contributed by atoms with Crippen LogP contribution in [0.5, 0.6) is 0 Å². The SMILES string of the molecule is Cc1cccc2nc(Br)ncc12. The van der Waals surface area contributed by atoms with Crippen LogP contribution < -0.4 is 0 Å². The predicted octanol–water partition coefficient (Wildman–Crippen LogP) is 2.70. The molecule has 0 saturated carbocycles. The molecule has 0 spiro atoms. The summed E-state index contributed by atoms with van der Waals surface area (Å²) in [5, 5.41) is 1.11. The van der Waals surface area contributed by atoms with Crippen molar-refractivity contribution >= 4 is 26.8 Å². The first-order valence-corrected chi connectivity index (χ1v) is 4.44. The average Bonchev–Trinajstić information content (AvgIpc) is 2.04. The number of hydrogen-bond donors (Lipinski definition) is 0. The molecule has 0 saturated heterocycles. The van der Waals surface area contributed by atoms with Gasteiger partial charge < -0.3 is 0 Å². The number of aromatic nitrogens is 2. The lowest BCUT2D eigenvalue weighted by Gasteiger charge is -1.99. The summed E-state index contributed by atoms with van der Waals surface area (Å²) in [4.78, 5) is 8.32. The van der Waals surface area contributed by atoms with E-state index in [0.717, 1.165) is 10.9 Å². The third kappa shape index (κ3) is 1.20. The van der Waals surface area contributed by atoms with Crippen LogP contribution in [0.25, 0.3) is 10.9 Å². The summed E-state index contributed by atoms with van der Waals surface area (Å²) in [6.07, 6.45) is 1.84. The lowest BCUT2D eigenvalue weighted by molar-refractivity contribution is 1.16. The van der Waals surface area contributed by atoms with Crippen molar-refractivity contribution in [3.63, 3.8) is 0 Å². The van der Waals surface area contributed by atoms with Crippen LogP contribution in [0.3, 0.4) is 0 Å². The van der Waals surface area contributed by atoms with E-state index in [1.54, 1.807) is 0 Å². The number of hydrogen-bond acceptors (Lipinski definition) is 2. The molecule has 2 rings (SSSR count). The molecular weight excluding hydrogens is 216 g/mol. The zero-order chi connectivity index (χ0) is 8.55. The fourth-order valence-corrected chi connectivity index (χ4v) is 1.47.